The van der Waals surface area contributed by atoms with Gasteiger partial charge in [-0.2, -0.15) is 6.42 Å². The Hall–Kier alpha value is 1.24. The molecule has 0 aromatic carbocycles. The molecule has 0 atom stereocenters. The predicted molar refractivity (Wildman–Crippen MR) is 563 cm³/mol. The van der Waals surface area contributed by atoms with E-state index in [9.17, 15) is 0 Å². The summed E-state index contributed by atoms with van der Waals surface area (Å²) in [6.07, 6.45) is 76.6. The number of rotatable bonds is 58. The summed E-state index contributed by atoms with van der Waals surface area (Å²) in [7, 11) is 5.74. The van der Waals surface area contributed by atoms with Crippen LogP contribution in [0.25, 0.3) is 58.9 Å². The predicted octanol–water partition coefficient (Wildman–Crippen LogP) is 37.8. The van der Waals surface area contributed by atoms with E-state index >= 15 is 0 Å². The topological polar surface area (TPSA) is 60.8 Å². The zero-order valence-electron chi connectivity index (χ0n) is 74.6. The SMILES string of the molecule is C.C.C.C.C1CCOC1.CCCCCCCCCCCCCCc1cc(Br)sc1-c1nc2sc(-c3sc(Br)cc3CCCCCCCCCCCCCC)nc2s1.CCCCCCCCCCCCCCc1cc(C)sc1-c1nc2sc(-c3s[c]([Sn]([CH3])([CH3])[CH3])cc3CCCCCCCCCCCCCC)nc2s1.[CH2-]CCC.[CH3][Sn]([CH3])([CH3])[Cl].[Li+]. The van der Waals surface area contributed by atoms with E-state index in [1.54, 1.807) is 31.1 Å². The maximum atomic E-state index is 5.74. The van der Waals surface area contributed by atoms with E-state index in [2.05, 4.69) is 146 Å². The van der Waals surface area contributed by atoms with Crippen LogP contribution in [0.1, 0.15) is 425 Å². The number of ether oxygens (including phenoxy) is 1. The van der Waals surface area contributed by atoms with Crippen LogP contribution in [0, 0.1) is 13.8 Å². The minimum Gasteiger partial charge on any atom is 1.00 e. The number of thiophene rings is 4. The maximum Gasteiger partial charge on any atom is 1.00 e. The van der Waals surface area contributed by atoms with Crippen LogP contribution in [0.2, 0.25) is 29.6 Å². The van der Waals surface area contributed by atoms with Gasteiger partial charge in [-0.05, 0) is 93.6 Å². The molecule has 1 fully saturated rings. The van der Waals surface area contributed by atoms with Crippen LogP contribution >= 0.6 is 131 Å². The molecular weight excluding hydrogens is 1960 g/mol. The van der Waals surface area contributed by atoms with Gasteiger partial charge in [-0.3, -0.25) is 0 Å². The van der Waals surface area contributed by atoms with Gasteiger partial charge in [0.15, 0.2) is 9.66 Å². The number of unbranched alkanes of at least 4 members (excludes halogenated alkanes) is 45. The van der Waals surface area contributed by atoms with Gasteiger partial charge < -0.3 is 11.7 Å². The number of halogens is 3. The van der Waals surface area contributed by atoms with Crippen molar-refractivity contribution in [2.24, 2.45) is 0 Å². The number of aryl methyl sites for hydroxylation is 5. The molecule has 0 aliphatic carbocycles. The zero-order valence-corrected chi connectivity index (χ0v) is 90.8. The van der Waals surface area contributed by atoms with Gasteiger partial charge in [0.2, 0.25) is 0 Å². The van der Waals surface area contributed by atoms with Crippen molar-refractivity contribution in [1.82, 2.24) is 19.9 Å². The summed E-state index contributed by atoms with van der Waals surface area (Å²) in [5, 5.41) is 4.69. The Morgan fingerprint density at radius 3 is 0.763 bits per heavy atom. The van der Waals surface area contributed by atoms with E-state index in [1.807, 2.05) is 56.7 Å². The number of fused-ring (bicyclic) bond motifs is 2. The molecule has 0 amide bonds. The molecule has 0 N–H and O–H groups in total. The molecule has 0 unspecified atom stereocenters. The first-order valence-corrected chi connectivity index (χ1v) is 76.5. The van der Waals surface area contributed by atoms with E-state index in [0.717, 1.165) is 61.8 Å². The van der Waals surface area contributed by atoms with E-state index in [4.69, 9.17) is 33.6 Å². The summed E-state index contributed by atoms with van der Waals surface area (Å²) in [5.74, 6) is 0. The van der Waals surface area contributed by atoms with Gasteiger partial charge in [-0.25, -0.2) is 9.97 Å². The number of thiazole rings is 4. The fourth-order valence-electron chi connectivity index (χ4n) is 14.4. The summed E-state index contributed by atoms with van der Waals surface area (Å²) in [5.41, 5.74) is 5.98. The van der Waals surface area contributed by atoms with Crippen molar-refractivity contribution in [2.45, 2.75) is 460 Å². The summed E-state index contributed by atoms with van der Waals surface area (Å²) in [4.78, 5) is 46.4. The first kappa shape index (κ1) is 119. The molecule has 0 spiro atoms. The fraction of sp³-hybridized carbons (Fsp3) is 0.747. The second-order valence-electron chi connectivity index (χ2n) is 34.3. The number of hydrogen-bond acceptors (Lipinski definition) is 13. The summed E-state index contributed by atoms with van der Waals surface area (Å²) < 4.78 is 9.06. The van der Waals surface area contributed by atoms with Gasteiger partial charge in [0.1, 0.15) is 10.0 Å². The molecule has 8 aromatic rings. The van der Waals surface area contributed by atoms with Gasteiger partial charge in [0.25, 0.3) is 0 Å². The van der Waals surface area contributed by atoms with Crippen LogP contribution in [0.15, 0.2) is 31.8 Å². The van der Waals surface area contributed by atoms with Crippen LogP contribution < -0.4 is 21.8 Å². The third-order valence-corrected chi connectivity index (χ3v) is 40.9. The molecule has 0 saturated carbocycles. The molecule has 1 aliphatic rings. The molecule has 0 bridgehead atoms. The van der Waals surface area contributed by atoms with Crippen LogP contribution in [-0.4, -0.2) is 68.8 Å². The quantitative estimate of drug-likeness (QED) is 0.0216. The molecule has 1 saturated heterocycles. The van der Waals surface area contributed by atoms with E-state index < -0.39 is 35.6 Å². The number of aromatic nitrogens is 4. The molecule has 5 nitrogen and oxygen atoms in total. The average Bonchev–Trinajstić information content (AvgIpc) is 1.50. The zero-order chi connectivity index (χ0) is 81.6. The Kier molecular flexibility index (Phi) is 74.7. The molecule has 9 heterocycles. The number of hydrogen-bond donors (Lipinski definition) is 0. The van der Waals surface area contributed by atoms with Crippen molar-refractivity contribution in [3.63, 3.8) is 0 Å². The Balaban J connectivity index is 0.00000192. The molecule has 0 radical (unpaired) electrons. The number of nitrogens with zero attached hydrogens (tertiary/aromatic N) is 4. The standard InChI is InChI=1S/C41H63N2S4.C40H60Br2N2S4.C4H8O.C4H9.4CH4.6CH3.ClH.Li.2Sn/c1-4-6-8-10-12-14-16-18-20-22-24-26-28-34-30-31-44-36(34)38-42-40-41(46-38)43-39(47-40)37-35(32-33(3)45-37)29-27-25-23-21-19-17-15-13-11-9-7-5-2;1-3-5-7-9-11-13-15-17-19-21-23-25-27-31-29-33(41)45-35(31)37-43-39-40(47-37)44-38(48-39)36-32(30-34(42)46-36)28-26-24-22-20-18-16-14-12-10-8-6-4-2;1-2-4-5-3-1;1-3-4-2;;;;;;;;;;;;;;/h30,32H,4-29H2,1-3H3;29-30H,3-28H2,1-2H3;1-4H2;1,3-4H2,2H3;4*1H4;6*1H3;1H;;;/q;;;-1;;;;;;;;;;;;+1;;+1/p-1. The molecule has 1 aliphatic heterocycles. The van der Waals surface area contributed by atoms with Gasteiger partial charge in [0.05, 0.1) is 17.3 Å². The summed E-state index contributed by atoms with van der Waals surface area (Å²) in [6.45, 7) is 19.2. The van der Waals surface area contributed by atoms with E-state index in [-0.39, 0.29) is 48.6 Å². The van der Waals surface area contributed by atoms with Crippen LogP contribution in [0.4, 0.5) is 0 Å². The first-order chi connectivity index (χ1) is 54.8. The largest absolute Gasteiger partial charge is 1.00 e. The third kappa shape index (κ3) is 52.8. The Morgan fingerprint density at radius 2 is 0.542 bits per heavy atom. The van der Waals surface area contributed by atoms with Crippen molar-refractivity contribution < 1.29 is 23.6 Å². The second-order valence-corrected chi connectivity index (χ2v) is 80.2. The molecular formula is C99H174Br2ClLiN4OS8Sn2. The summed E-state index contributed by atoms with van der Waals surface area (Å²) >= 11 is 18.6. The Labute approximate surface area is 802 Å². The average molecular weight is 2130 g/mol. The van der Waals surface area contributed by atoms with Crippen molar-refractivity contribution in [3.05, 3.63) is 65.9 Å². The minimum absolute atomic E-state index is 0. The minimum atomic E-state index is -2.18. The normalized spacial score (nSPS) is 11.9. The molecule has 8 aromatic heterocycles. The van der Waals surface area contributed by atoms with Gasteiger partial charge in [-0.15, -0.1) is 22.7 Å². The van der Waals surface area contributed by atoms with Crippen LogP contribution in [0.5, 0.6) is 0 Å². The van der Waals surface area contributed by atoms with E-state index in [1.165, 1.54) is 399 Å². The van der Waals surface area contributed by atoms with Crippen molar-refractivity contribution >= 4 is 189 Å². The van der Waals surface area contributed by atoms with E-state index in [0.29, 0.717) is 0 Å². The third-order valence-electron chi connectivity index (χ3n) is 21.1. The first-order valence-electron chi connectivity index (χ1n) is 46.2. The molecule has 674 valence electrons. The fourth-order valence-corrected chi connectivity index (χ4v) is 29.9. The van der Waals surface area contributed by atoms with Gasteiger partial charge >= 0.3 is 286 Å². The maximum absolute atomic E-state index is 5.74. The van der Waals surface area contributed by atoms with Crippen molar-refractivity contribution in [1.29, 1.82) is 0 Å². The monoisotopic (exact) mass is 2130 g/mol. The summed E-state index contributed by atoms with van der Waals surface area (Å²) in [6, 6.07) is 9.69. The molecule has 9 rings (SSSR count). The smallest absolute Gasteiger partial charge is 1.00 e. The van der Waals surface area contributed by atoms with Crippen molar-refractivity contribution in [3.8, 4) is 39.5 Å². The van der Waals surface area contributed by atoms with Gasteiger partial charge in [-0.1, -0.05) is 331 Å². The Morgan fingerprint density at radius 1 is 0.331 bits per heavy atom. The second kappa shape index (κ2) is 74.0. The van der Waals surface area contributed by atoms with Crippen LogP contribution in [-0.2, 0) is 30.4 Å². The van der Waals surface area contributed by atoms with Gasteiger partial charge in [0, 0.05) is 13.2 Å². The molecule has 19 heteroatoms. The Bertz CT molecular complexity index is 3440. The molecule has 118 heavy (non-hydrogen) atoms. The van der Waals surface area contributed by atoms with Crippen LogP contribution in [0.3, 0.4) is 0 Å². The van der Waals surface area contributed by atoms with Crippen molar-refractivity contribution in [2.75, 3.05) is 13.2 Å².